The van der Waals surface area contributed by atoms with Gasteiger partial charge in [0.1, 0.15) is 0 Å². The molecule has 0 amide bonds. The van der Waals surface area contributed by atoms with E-state index in [2.05, 4.69) is 74.3 Å². The molecule has 2 atom stereocenters. The molecule has 0 aliphatic heterocycles. The van der Waals surface area contributed by atoms with Gasteiger partial charge in [-0.15, -0.1) is 22.7 Å². The van der Waals surface area contributed by atoms with Crippen LogP contribution in [0.1, 0.15) is 122 Å². The third-order valence-electron chi connectivity index (χ3n) is 6.20. The second kappa shape index (κ2) is 17.0. The summed E-state index contributed by atoms with van der Waals surface area (Å²) in [5, 5.41) is 4.37. The maximum atomic E-state index is 3.66. The Labute approximate surface area is 212 Å². The van der Waals surface area contributed by atoms with Crippen molar-refractivity contribution in [2.45, 2.75) is 111 Å². The number of hydrogen-bond donors (Lipinski definition) is 0. The van der Waals surface area contributed by atoms with E-state index in [0.29, 0.717) is 11.8 Å². The molecule has 0 N–H and O–H groups in total. The van der Waals surface area contributed by atoms with Crippen molar-refractivity contribution in [3.05, 3.63) is 34.0 Å². The van der Waals surface area contributed by atoms with Crippen molar-refractivity contribution in [2.75, 3.05) is 0 Å². The lowest BCUT2D eigenvalue weighted by molar-refractivity contribution is 0.496. The number of unbranched alkanes of at least 4 members (excludes halogenated alkanes) is 7. The molecule has 2 heteroatoms. The third kappa shape index (κ3) is 10.5. The maximum absolute atomic E-state index is 3.66. The molecule has 33 heavy (non-hydrogen) atoms. The van der Waals surface area contributed by atoms with Gasteiger partial charge in [0.2, 0.25) is 0 Å². The third-order valence-corrected chi connectivity index (χ3v) is 8.20. The van der Waals surface area contributed by atoms with Gasteiger partial charge >= 0.3 is 0 Å². The lowest BCUT2D eigenvalue weighted by atomic mass is 9.95. The topological polar surface area (TPSA) is 0 Å². The minimum atomic E-state index is 0.462. The van der Waals surface area contributed by atoms with E-state index in [9.17, 15) is 0 Å². The van der Waals surface area contributed by atoms with E-state index in [0.717, 1.165) is 0 Å². The van der Waals surface area contributed by atoms with E-state index in [4.69, 9.17) is 0 Å². The van der Waals surface area contributed by atoms with E-state index >= 15 is 0 Å². The molecule has 0 radical (unpaired) electrons. The van der Waals surface area contributed by atoms with Crippen LogP contribution in [0.2, 0.25) is 0 Å². The van der Waals surface area contributed by atoms with Crippen LogP contribution in [-0.4, -0.2) is 0 Å². The molecule has 0 saturated carbocycles. The average Bonchev–Trinajstić information content (AvgIpc) is 3.48. The van der Waals surface area contributed by atoms with E-state index in [1.54, 1.807) is 11.3 Å². The van der Waals surface area contributed by atoms with Crippen LogP contribution in [0.3, 0.4) is 0 Å². The largest absolute Gasteiger partial charge is 0.142 e. The summed E-state index contributed by atoms with van der Waals surface area (Å²) in [6.45, 7) is 9.10. The smallest absolute Gasteiger partial charge is 0.0611 e. The summed E-state index contributed by atoms with van der Waals surface area (Å²) < 4.78 is 0. The second-order valence-electron chi connectivity index (χ2n) is 9.30. The minimum absolute atomic E-state index is 0.462. The zero-order chi connectivity index (χ0) is 23.7. The predicted molar refractivity (Wildman–Crippen MR) is 151 cm³/mol. The van der Waals surface area contributed by atoms with Gasteiger partial charge in [-0.05, 0) is 42.2 Å². The Hall–Kier alpha value is -1.48. The quantitative estimate of drug-likeness (QED) is 0.186. The molecule has 0 saturated heterocycles. The summed E-state index contributed by atoms with van der Waals surface area (Å²) in [6, 6.07) is 4.39. The lowest BCUT2D eigenvalue weighted by Crippen LogP contribution is -1.98. The zero-order valence-corrected chi connectivity index (χ0v) is 23.1. The molecule has 180 valence electrons. The van der Waals surface area contributed by atoms with E-state index in [-0.39, 0.29) is 0 Å². The molecule has 2 heterocycles. The van der Waals surface area contributed by atoms with Crippen LogP contribution in [-0.2, 0) is 0 Å². The molecule has 0 aliphatic carbocycles. The zero-order valence-electron chi connectivity index (χ0n) is 21.5. The summed E-state index contributed by atoms with van der Waals surface area (Å²) >= 11 is 3.61. The highest BCUT2D eigenvalue weighted by atomic mass is 32.1. The Kier molecular flexibility index (Phi) is 14.3. The highest BCUT2D eigenvalue weighted by molar-refractivity contribution is 7.20. The van der Waals surface area contributed by atoms with E-state index < -0.39 is 0 Å². The fraction of sp³-hybridized carbons (Fsp3) is 0.613. The van der Waals surface area contributed by atoms with E-state index in [1.807, 2.05) is 11.3 Å². The molecule has 0 bridgehead atoms. The average molecular weight is 481 g/mol. The fourth-order valence-corrected chi connectivity index (χ4v) is 5.95. The highest BCUT2D eigenvalue weighted by Gasteiger charge is 2.12. The molecule has 2 aromatic heterocycles. The van der Waals surface area contributed by atoms with Crippen molar-refractivity contribution < 1.29 is 0 Å². The summed E-state index contributed by atoms with van der Waals surface area (Å²) in [4.78, 5) is 2.60. The summed E-state index contributed by atoms with van der Waals surface area (Å²) in [6.07, 6.45) is 16.8. The Morgan fingerprint density at radius 2 is 1.15 bits per heavy atom. The van der Waals surface area contributed by atoms with Crippen molar-refractivity contribution in [2.24, 2.45) is 11.8 Å². The number of thiophene rings is 2. The van der Waals surface area contributed by atoms with Gasteiger partial charge in [-0.2, -0.15) is 0 Å². The molecule has 0 fully saturated rings. The number of hydrogen-bond acceptors (Lipinski definition) is 2. The normalized spacial score (nSPS) is 12.5. The van der Waals surface area contributed by atoms with Gasteiger partial charge in [-0.1, -0.05) is 116 Å². The Morgan fingerprint density at radius 1 is 0.636 bits per heavy atom. The van der Waals surface area contributed by atoms with Gasteiger partial charge in [0.05, 0.1) is 9.75 Å². The Bertz CT molecular complexity index is 892. The first-order valence-corrected chi connectivity index (χ1v) is 15.1. The summed E-state index contributed by atoms with van der Waals surface area (Å²) in [5.41, 5.74) is 2.36. The standard InChI is InChI=1S/C31H44S2/c1-5-8-11-13-15-26(4)18-20-28-22-24-32-30(28)31-29(23-25-33-31)21-19-27(16-10-7-3)17-14-12-9-6-2/h22-27H,5-17H2,1-4H3. The second-order valence-corrected chi connectivity index (χ2v) is 11.1. The van der Waals surface area contributed by atoms with Crippen molar-refractivity contribution in [1.82, 2.24) is 0 Å². The van der Waals surface area contributed by atoms with Gasteiger partial charge in [-0.25, -0.2) is 0 Å². The highest BCUT2D eigenvalue weighted by Crippen LogP contribution is 2.36. The Morgan fingerprint density at radius 3 is 1.73 bits per heavy atom. The fourth-order valence-electron chi connectivity index (χ4n) is 4.05. The van der Waals surface area contributed by atoms with Crippen LogP contribution in [0.15, 0.2) is 22.9 Å². The van der Waals surface area contributed by atoms with Crippen molar-refractivity contribution in [3.8, 4) is 33.4 Å². The number of rotatable bonds is 14. The molecular weight excluding hydrogens is 436 g/mol. The van der Waals surface area contributed by atoms with Crippen LogP contribution in [0.25, 0.3) is 9.75 Å². The van der Waals surface area contributed by atoms with Gasteiger partial charge < -0.3 is 0 Å². The van der Waals surface area contributed by atoms with Gasteiger partial charge in [0.15, 0.2) is 0 Å². The van der Waals surface area contributed by atoms with Gasteiger partial charge in [0.25, 0.3) is 0 Å². The first-order chi connectivity index (χ1) is 16.2. The Balaban J connectivity index is 2.09. The molecule has 2 unspecified atom stereocenters. The molecule has 0 aromatic carbocycles. The van der Waals surface area contributed by atoms with Crippen LogP contribution >= 0.6 is 22.7 Å². The van der Waals surface area contributed by atoms with Crippen molar-refractivity contribution in [3.63, 3.8) is 0 Å². The summed E-state index contributed by atoms with van der Waals surface area (Å²) in [5.74, 6) is 15.3. The molecule has 0 aliphatic rings. The van der Waals surface area contributed by atoms with Crippen LogP contribution in [0.4, 0.5) is 0 Å². The molecule has 0 nitrogen and oxygen atoms in total. The maximum Gasteiger partial charge on any atom is 0.0611 e. The summed E-state index contributed by atoms with van der Waals surface area (Å²) in [7, 11) is 0. The van der Waals surface area contributed by atoms with Crippen LogP contribution in [0.5, 0.6) is 0 Å². The predicted octanol–water partition coefficient (Wildman–Crippen LogP) is 10.6. The minimum Gasteiger partial charge on any atom is -0.142 e. The monoisotopic (exact) mass is 480 g/mol. The molecular formula is C31H44S2. The lowest BCUT2D eigenvalue weighted by Gasteiger charge is -2.09. The molecule has 2 aromatic rings. The van der Waals surface area contributed by atoms with Gasteiger partial charge in [0, 0.05) is 23.0 Å². The van der Waals surface area contributed by atoms with Crippen molar-refractivity contribution >= 4 is 22.7 Å². The van der Waals surface area contributed by atoms with E-state index in [1.165, 1.54) is 104 Å². The first kappa shape index (κ1) is 27.8. The van der Waals surface area contributed by atoms with Crippen molar-refractivity contribution in [1.29, 1.82) is 0 Å². The SMILES string of the molecule is CCCCCCC(C)C#Cc1ccsc1-c1sccc1C#CC(CCCC)CCCCCC. The van der Waals surface area contributed by atoms with Crippen LogP contribution < -0.4 is 0 Å². The molecule has 2 rings (SSSR count). The van der Waals surface area contributed by atoms with Gasteiger partial charge in [-0.3, -0.25) is 0 Å². The first-order valence-electron chi connectivity index (χ1n) is 13.4. The molecule has 0 spiro atoms. The van der Waals surface area contributed by atoms with Crippen LogP contribution in [0, 0.1) is 35.5 Å².